The molecule has 0 saturated heterocycles. The molecule has 116 valence electrons. The van der Waals surface area contributed by atoms with E-state index in [1.807, 2.05) is 49.9 Å². The average Bonchev–Trinajstić information content (AvgIpc) is 3.29. The molecule has 1 fully saturated rings. The first-order chi connectivity index (χ1) is 10.6. The standard InChI is InChI=1S/C18H22N2O2/c1-4-16-12(2)11-17(22-16)18(21)20(14-8-9-14)13(3)15-7-5-6-10-19-15/h5-7,10-11,13-14H,4,8-9H2,1-3H3/t13-/m0/s1. The lowest BCUT2D eigenvalue weighted by atomic mass is 10.1. The molecule has 1 saturated carbocycles. The number of pyridine rings is 1. The summed E-state index contributed by atoms with van der Waals surface area (Å²) in [5.74, 6) is 1.32. The summed E-state index contributed by atoms with van der Waals surface area (Å²) in [7, 11) is 0. The van der Waals surface area contributed by atoms with Crippen LogP contribution in [0.1, 0.15) is 60.3 Å². The van der Waals surface area contributed by atoms with Crippen molar-refractivity contribution in [3.8, 4) is 0 Å². The first-order valence-electron chi connectivity index (χ1n) is 7.94. The first kappa shape index (κ1) is 14.8. The van der Waals surface area contributed by atoms with E-state index in [9.17, 15) is 4.79 Å². The summed E-state index contributed by atoms with van der Waals surface area (Å²) in [4.78, 5) is 19.3. The quantitative estimate of drug-likeness (QED) is 0.840. The Hall–Kier alpha value is -2.10. The summed E-state index contributed by atoms with van der Waals surface area (Å²) in [5, 5.41) is 0. The zero-order chi connectivity index (χ0) is 15.7. The van der Waals surface area contributed by atoms with Gasteiger partial charge in [-0.15, -0.1) is 0 Å². The Morgan fingerprint density at radius 2 is 2.23 bits per heavy atom. The highest BCUT2D eigenvalue weighted by Crippen LogP contribution is 2.35. The highest BCUT2D eigenvalue weighted by molar-refractivity contribution is 5.92. The zero-order valence-electron chi connectivity index (χ0n) is 13.4. The van der Waals surface area contributed by atoms with E-state index >= 15 is 0 Å². The van der Waals surface area contributed by atoms with E-state index in [4.69, 9.17) is 4.42 Å². The second-order valence-corrected chi connectivity index (χ2v) is 5.94. The molecule has 2 aromatic heterocycles. The Balaban J connectivity index is 1.89. The monoisotopic (exact) mass is 298 g/mol. The molecule has 4 heteroatoms. The van der Waals surface area contributed by atoms with Crippen LogP contribution in [0.5, 0.6) is 0 Å². The number of furan rings is 1. The number of nitrogens with zero attached hydrogens (tertiary/aromatic N) is 2. The normalized spacial score (nSPS) is 15.6. The van der Waals surface area contributed by atoms with Gasteiger partial charge in [-0.3, -0.25) is 9.78 Å². The van der Waals surface area contributed by atoms with Crippen LogP contribution in [-0.4, -0.2) is 21.8 Å². The lowest BCUT2D eigenvalue weighted by molar-refractivity contribution is 0.0635. The van der Waals surface area contributed by atoms with E-state index in [-0.39, 0.29) is 11.9 Å². The van der Waals surface area contributed by atoms with Gasteiger partial charge in [0.2, 0.25) is 0 Å². The van der Waals surface area contributed by atoms with Crippen LogP contribution in [0.2, 0.25) is 0 Å². The third kappa shape index (κ3) is 2.78. The first-order valence-corrected chi connectivity index (χ1v) is 7.94. The summed E-state index contributed by atoms with van der Waals surface area (Å²) in [6.45, 7) is 6.06. The van der Waals surface area contributed by atoms with Crippen molar-refractivity contribution in [1.29, 1.82) is 0 Å². The minimum atomic E-state index is -0.0447. The number of rotatable bonds is 5. The number of hydrogen-bond donors (Lipinski definition) is 0. The molecule has 0 N–H and O–H groups in total. The van der Waals surface area contributed by atoms with Crippen molar-refractivity contribution in [3.05, 3.63) is 53.2 Å². The van der Waals surface area contributed by atoms with Crippen LogP contribution in [0, 0.1) is 6.92 Å². The van der Waals surface area contributed by atoms with Gasteiger partial charge in [0.25, 0.3) is 5.91 Å². The molecule has 1 aliphatic rings. The van der Waals surface area contributed by atoms with Crippen LogP contribution in [0.15, 0.2) is 34.9 Å². The van der Waals surface area contributed by atoms with Crippen molar-refractivity contribution in [1.82, 2.24) is 9.88 Å². The Labute approximate surface area is 131 Å². The molecule has 0 spiro atoms. The third-order valence-electron chi connectivity index (χ3n) is 4.26. The molecule has 3 rings (SSSR count). The third-order valence-corrected chi connectivity index (χ3v) is 4.26. The Morgan fingerprint density at radius 1 is 1.45 bits per heavy atom. The number of carbonyl (C=O) groups excluding carboxylic acids is 1. The van der Waals surface area contributed by atoms with Gasteiger partial charge in [0, 0.05) is 18.7 Å². The minimum absolute atomic E-state index is 0.0246. The molecule has 1 amide bonds. The molecule has 0 radical (unpaired) electrons. The number of hydrogen-bond acceptors (Lipinski definition) is 3. The topological polar surface area (TPSA) is 46.3 Å². The van der Waals surface area contributed by atoms with Crippen molar-refractivity contribution in [3.63, 3.8) is 0 Å². The Morgan fingerprint density at radius 3 is 2.77 bits per heavy atom. The molecule has 1 atom stereocenters. The summed E-state index contributed by atoms with van der Waals surface area (Å²) < 4.78 is 5.76. The maximum Gasteiger partial charge on any atom is 0.290 e. The minimum Gasteiger partial charge on any atom is -0.456 e. The van der Waals surface area contributed by atoms with Gasteiger partial charge in [-0.25, -0.2) is 0 Å². The molecule has 0 aromatic carbocycles. The summed E-state index contributed by atoms with van der Waals surface area (Å²) in [5.41, 5.74) is 1.97. The number of amides is 1. The van der Waals surface area contributed by atoms with E-state index in [2.05, 4.69) is 4.98 Å². The van der Waals surface area contributed by atoms with Crippen LogP contribution in [-0.2, 0) is 6.42 Å². The van der Waals surface area contributed by atoms with Crippen LogP contribution in [0.3, 0.4) is 0 Å². The van der Waals surface area contributed by atoms with E-state index < -0.39 is 0 Å². The number of carbonyl (C=O) groups is 1. The van der Waals surface area contributed by atoms with E-state index in [0.29, 0.717) is 11.8 Å². The molecule has 1 aliphatic carbocycles. The summed E-state index contributed by atoms with van der Waals surface area (Å²) in [6, 6.07) is 7.94. The highest BCUT2D eigenvalue weighted by Gasteiger charge is 2.38. The van der Waals surface area contributed by atoms with Gasteiger partial charge < -0.3 is 9.32 Å². The van der Waals surface area contributed by atoms with Crippen molar-refractivity contribution in [2.75, 3.05) is 0 Å². The SMILES string of the molecule is CCc1oc(C(=O)N(C2CC2)[C@@H](C)c2ccccn2)cc1C. The maximum atomic E-state index is 12.9. The molecule has 4 nitrogen and oxygen atoms in total. The fourth-order valence-corrected chi connectivity index (χ4v) is 2.88. The Kier molecular flexibility index (Phi) is 4.01. The van der Waals surface area contributed by atoms with Crippen LogP contribution in [0.25, 0.3) is 0 Å². The van der Waals surface area contributed by atoms with Gasteiger partial charge in [0.15, 0.2) is 5.76 Å². The molecule has 0 bridgehead atoms. The van der Waals surface area contributed by atoms with Gasteiger partial charge in [-0.05, 0) is 50.5 Å². The summed E-state index contributed by atoms with van der Waals surface area (Å²) >= 11 is 0. The van der Waals surface area contributed by atoms with E-state index in [0.717, 1.165) is 36.3 Å². The Bertz CT molecular complexity index is 659. The van der Waals surface area contributed by atoms with E-state index in [1.165, 1.54) is 0 Å². The molecule has 2 heterocycles. The highest BCUT2D eigenvalue weighted by atomic mass is 16.4. The van der Waals surface area contributed by atoms with Gasteiger partial charge >= 0.3 is 0 Å². The fourth-order valence-electron chi connectivity index (χ4n) is 2.88. The number of aryl methyl sites for hydroxylation is 2. The van der Waals surface area contributed by atoms with Gasteiger partial charge in [-0.1, -0.05) is 13.0 Å². The van der Waals surface area contributed by atoms with Crippen molar-refractivity contribution in [2.45, 2.75) is 52.1 Å². The van der Waals surface area contributed by atoms with Crippen molar-refractivity contribution in [2.24, 2.45) is 0 Å². The van der Waals surface area contributed by atoms with Crippen molar-refractivity contribution < 1.29 is 9.21 Å². The molecule has 22 heavy (non-hydrogen) atoms. The molecule has 0 aliphatic heterocycles. The largest absolute Gasteiger partial charge is 0.456 e. The lowest BCUT2D eigenvalue weighted by Crippen LogP contribution is -2.35. The van der Waals surface area contributed by atoms with Crippen LogP contribution < -0.4 is 0 Å². The fraction of sp³-hybridized carbons (Fsp3) is 0.444. The van der Waals surface area contributed by atoms with Gasteiger partial charge in [0.1, 0.15) is 5.76 Å². The molecular weight excluding hydrogens is 276 g/mol. The van der Waals surface area contributed by atoms with Gasteiger partial charge in [-0.2, -0.15) is 0 Å². The average molecular weight is 298 g/mol. The smallest absolute Gasteiger partial charge is 0.290 e. The van der Waals surface area contributed by atoms with E-state index in [1.54, 1.807) is 6.20 Å². The zero-order valence-corrected chi connectivity index (χ0v) is 13.4. The lowest BCUT2D eigenvalue weighted by Gasteiger charge is -2.28. The van der Waals surface area contributed by atoms with Crippen molar-refractivity contribution >= 4 is 5.91 Å². The van der Waals surface area contributed by atoms with Gasteiger partial charge in [0.05, 0.1) is 11.7 Å². The second kappa shape index (κ2) is 5.95. The summed E-state index contributed by atoms with van der Waals surface area (Å²) in [6.07, 6.45) is 4.69. The molecule has 2 aromatic rings. The predicted molar refractivity (Wildman–Crippen MR) is 84.7 cm³/mol. The predicted octanol–water partition coefficient (Wildman–Crippen LogP) is 3.91. The van der Waals surface area contributed by atoms with Crippen LogP contribution >= 0.6 is 0 Å². The number of aromatic nitrogens is 1. The molecule has 0 unspecified atom stereocenters. The second-order valence-electron chi connectivity index (χ2n) is 5.94. The van der Waals surface area contributed by atoms with Crippen LogP contribution in [0.4, 0.5) is 0 Å². The maximum absolute atomic E-state index is 12.9. The molecular formula is C18H22N2O2.